The molecule has 72 valence electrons. The van der Waals surface area contributed by atoms with E-state index in [-0.39, 0.29) is 0 Å². The largest absolute Gasteiger partial charge is 0.424 e. The molecule has 0 fully saturated rings. The first kappa shape index (κ1) is 12.0. The van der Waals surface area contributed by atoms with E-state index in [0.717, 1.165) is 0 Å². The topological polar surface area (TPSA) is 0 Å². The van der Waals surface area contributed by atoms with Gasteiger partial charge in [-0.2, -0.15) is 39.0 Å². The summed E-state index contributed by atoms with van der Waals surface area (Å²) in [5.74, 6) is 0. The predicted molar refractivity (Wildman–Crippen MR) is 37.5 cm³/mol. The van der Waals surface area contributed by atoms with Crippen LogP contribution in [0.1, 0.15) is 0 Å². The summed E-state index contributed by atoms with van der Waals surface area (Å²) in [6.07, 6.45) is -10.2. The molecule has 0 aromatic rings. The van der Waals surface area contributed by atoms with Crippen molar-refractivity contribution in [3.63, 3.8) is 0 Å². The molecule has 1 atom stereocenters. The van der Waals surface area contributed by atoms with E-state index in [9.17, 15) is 26.3 Å². The number of alkyl halides is 6. The molecule has 0 aliphatic heterocycles. The maximum atomic E-state index is 11.6. The van der Waals surface area contributed by atoms with Gasteiger partial charge in [-0.25, -0.2) is 0 Å². The Kier molecular flexibility index (Phi) is 3.41. The fourth-order valence-electron chi connectivity index (χ4n) is 0.304. The minimum Gasteiger partial charge on any atom is -0.169 e. The molecule has 0 spiro atoms. The lowest BCUT2D eigenvalue weighted by molar-refractivity contribution is -0.124. The molecule has 0 rings (SSSR count). The second kappa shape index (κ2) is 3.41. The first-order valence-electron chi connectivity index (χ1n) is 2.42. The molecule has 0 saturated carbocycles. The van der Waals surface area contributed by atoms with Crippen LogP contribution in [0.5, 0.6) is 0 Å². The van der Waals surface area contributed by atoms with Gasteiger partial charge in [0.25, 0.3) is 0 Å². The van der Waals surface area contributed by atoms with Crippen molar-refractivity contribution in [2.45, 2.75) is 17.6 Å². The standard InChI is InChI=1S/C4H2F6S2/c5-3(6,7)1(11)2(12)4(8,9)10/h1,11H. The third kappa shape index (κ3) is 3.18. The Labute approximate surface area is 74.3 Å². The SMILES string of the molecule is FC(F)(F)C(=S)C(S)C(F)(F)F. The predicted octanol–water partition coefficient (Wildman–Crippen LogP) is 2.78. The fourth-order valence-corrected chi connectivity index (χ4v) is 0.584. The van der Waals surface area contributed by atoms with E-state index in [1.54, 1.807) is 0 Å². The average molecular weight is 228 g/mol. The minimum atomic E-state index is -5.13. The molecule has 0 bridgehead atoms. The molecule has 0 aromatic heterocycles. The van der Waals surface area contributed by atoms with Crippen LogP contribution < -0.4 is 0 Å². The maximum absolute atomic E-state index is 11.6. The van der Waals surface area contributed by atoms with Crippen LogP contribution in [0.15, 0.2) is 0 Å². The highest BCUT2D eigenvalue weighted by Gasteiger charge is 2.49. The van der Waals surface area contributed by atoms with Crippen LogP contribution in [0.3, 0.4) is 0 Å². The Morgan fingerprint density at radius 1 is 1.08 bits per heavy atom. The van der Waals surface area contributed by atoms with Crippen LogP contribution in [-0.4, -0.2) is 22.5 Å². The van der Waals surface area contributed by atoms with Gasteiger partial charge in [0.05, 0.1) is 0 Å². The van der Waals surface area contributed by atoms with Crippen molar-refractivity contribution in [3.8, 4) is 0 Å². The number of hydrogen-bond donors (Lipinski definition) is 1. The van der Waals surface area contributed by atoms with Crippen LogP contribution in [-0.2, 0) is 0 Å². The third-order valence-corrected chi connectivity index (χ3v) is 2.03. The van der Waals surface area contributed by atoms with Gasteiger partial charge in [0.2, 0.25) is 0 Å². The monoisotopic (exact) mass is 228 g/mol. The van der Waals surface area contributed by atoms with E-state index < -0.39 is 22.5 Å². The van der Waals surface area contributed by atoms with Crippen molar-refractivity contribution in [3.05, 3.63) is 0 Å². The molecule has 1 unspecified atom stereocenters. The molecule has 0 saturated heterocycles. The summed E-state index contributed by atoms with van der Waals surface area (Å²) in [6, 6.07) is 0. The lowest BCUT2D eigenvalue weighted by atomic mass is 10.3. The summed E-state index contributed by atoms with van der Waals surface area (Å²) < 4.78 is 69.3. The molecular weight excluding hydrogens is 226 g/mol. The van der Waals surface area contributed by atoms with E-state index in [4.69, 9.17) is 0 Å². The van der Waals surface area contributed by atoms with Crippen LogP contribution in [0.4, 0.5) is 26.3 Å². The Morgan fingerprint density at radius 2 is 1.42 bits per heavy atom. The Morgan fingerprint density at radius 3 is 1.50 bits per heavy atom. The van der Waals surface area contributed by atoms with Gasteiger partial charge in [-0.3, -0.25) is 0 Å². The molecule has 12 heavy (non-hydrogen) atoms. The average Bonchev–Trinajstić information content (AvgIpc) is 1.80. The fraction of sp³-hybridized carbons (Fsp3) is 0.750. The van der Waals surface area contributed by atoms with Gasteiger partial charge in [-0.1, -0.05) is 12.2 Å². The van der Waals surface area contributed by atoms with Crippen molar-refractivity contribution < 1.29 is 26.3 Å². The van der Waals surface area contributed by atoms with Crippen molar-refractivity contribution in [2.75, 3.05) is 0 Å². The highest BCUT2D eigenvalue weighted by Crippen LogP contribution is 2.32. The number of halogens is 6. The van der Waals surface area contributed by atoms with Crippen molar-refractivity contribution in [1.82, 2.24) is 0 Å². The van der Waals surface area contributed by atoms with Crippen molar-refractivity contribution >= 4 is 29.7 Å². The molecule has 8 heteroatoms. The van der Waals surface area contributed by atoms with Gasteiger partial charge in [-0.05, 0) is 0 Å². The molecule has 0 N–H and O–H groups in total. The van der Waals surface area contributed by atoms with E-state index in [1.165, 1.54) is 0 Å². The van der Waals surface area contributed by atoms with Crippen LogP contribution in [0.2, 0.25) is 0 Å². The summed E-state index contributed by atoms with van der Waals surface area (Å²) >= 11 is 6.25. The van der Waals surface area contributed by atoms with Gasteiger partial charge in [0.15, 0.2) is 0 Å². The smallest absolute Gasteiger partial charge is 0.169 e. The second-order valence-corrected chi connectivity index (χ2v) is 2.76. The van der Waals surface area contributed by atoms with Crippen LogP contribution in [0, 0.1) is 0 Å². The first-order valence-corrected chi connectivity index (χ1v) is 3.35. The first-order chi connectivity index (χ1) is 5.07. The van der Waals surface area contributed by atoms with E-state index >= 15 is 0 Å². The zero-order valence-corrected chi connectivity index (χ0v) is 6.91. The Hall–Kier alpha value is 0.0200. The van der Waals surface area contributed by atoms with Crippen molar-refractivity contribution in [1.29, 1.82) is 0 Å². The summed E-state index contributed by atoms with van der Waals surface area (Å²) in [4.78, 5) is -2.07. The normalized spacial score (nSPS) is 15.9. The highest BCUT2D eigenvalue weighted by molar-refractivity contribution is 7.86. The van der Waals surface area contributed by atoms with Crippen LogP contribution in [0.25, 0.3) is 0 Å². The molecular formula is C4H2F6S2. The second-order valence-electron chi connectivity index (χ2n) is 1.81. The summed E-state index contributed by atoms with van der Waals surface area (Å²) in [7, 11) is 0. The summed E-state index contributed by atoms with van der Waals surface area (Å²) in [5, 5.41) is -2.92. The Balaban J connectivity index is 4.53. The van der Waals surface area contributed by atoms with E-state index in [0.29, 0.717) is 0 Å². The molecule has 0 aromatic carbocycles. The quantitative estimate of drug-likeness (QED) is 0.409. The maximum Gasteiger partial charge on any atom is 0.424 e. The van der Waals surface area contributed by atoms with Crippen LogP contribution >= 0.6 is 24.8 Å². The highest BCUT2D eigenvalue weighted by atomic mass is 32.1. The van der Waals surface area contributed by atoms with Gasteiger partial charge < -0.3 is 0 Å². The molecule has 0 radical (unpaired) electrons. The van der Waals surface area contributed by atoms with Gasteiger partial charge in [0, 0.05) is 0 Å². The van der Waals surface area contributed by atoms with Gasteiger partial charge in [-0.15, -0.1) is 0 Å². The van der Waals surface area contributed by atoms with Crippen molar-refractivity contribution in [2.24, 2.45) is 0 Å². The number of rotatable bonds is 1. The molecule has 0 amide bonds. The summed E-state index contributed by atoms with van der Waals surface area (Å²) in [6.45, 7) is 0. The minimum absolute atomic E-state index is 2.07. The molecule has 0 aliphatic carbocycles. The molecule has 0 aliphatic rings. The summed E-state index contributed by atoms with van der Waals surface area (Å²) in [5.41, 5.74) is 0. The van der Waals surface area contributed by atoms with Gasteiger partial charge in [0.1, 0.15) is 10.1 Å². The number of hydrogen-bond acceptors (Lipinski definition) is 2. The molecule has 0 nitrogen and oxygen atoms in total. The number of thiol groups is 1. The zero-order valence-electron chi connectivity index (χ0n) is 5.20. The van der Waals surface area contributed by atoms with E-state index in [1.807, 2.05) is 0 Å². The number of thiocarbonyl (C=S) groups is 1. The Bertz CT molecular complexity index is 179. The lowest BCUT2D eigenvalue weighted by Gasteiger charge is -2.17. The zero-order chi connectivity index (χ0) is 10.2. The third-order valence-electron chi connectivity index (χ3n) is 0.838. The lowest BCUT2D eigenvalue weighted by Crippen LogP contribution is -2.39. The molecule has 0 heterocycles. The van der Waals surface area contributed by atoms with E-state index in [2.05, 4.69) is 24.8 Å². The van der Waals surface area contributed by atoms with Gasteiger partial charge >= 0.3 is 12.4 Å².